The number of benzene rings is 2. The first kappa shape index (κ1) is 20.8. The van der Waals surface area contributed by atoms with Crippen molar-refractivity contribution in [3.8, 4) is 12.1 Å². The summed E-state index contributed by atoms with van der Waals surface area (Å²) in [6.07, 6.45) is 0.481. The standard InChI is InChI=1S/C22H19N7S/c1-2-29(14-6-13-23)20-11-9-19(10-12-20)26-28-22-17(16-24)15-21(30-22)27-25-18-7-4-3-5-8-18/h3-5,7-12,15H,2,6,14H2,1H3/b27-25+,28-26+. The molecular formula is C22H19N7S. The van der Waals surface area contributed by atoms with E-state index in [9.17, 15) is 5.26 Å². The van der Waals surface area contributed by atoms with Gasteiger partial charge in [-0.3, -0.25) is 0 Å². The monoisotopic (exact) mass is 413 g/mol. The van der Waals surface area contributed by atoms with Crippen LogP contribution in [0.4, 0.5) is 27.1 Å². The van der Waals surface area contributed by atoms with Crippen molar-refractivity contribution in [3.63, 3.8) is 0 Å². The maximum absolute atomic E-state index is 9.36. The van der Waals surface area contributed by atoms with Crippen LogP contribution >= 0.6 is 11.3 Å². The molecule has 3 rings (SSSR count). The number of rotatable bonds is 8. The molecule has 0 aliphatic heterocycles. The maximum Gasteiger partial charge on any atom is 0.158 e. The van der Waals surface area contributed by atoms with Gasteiger partial charge >= 0.3 is 0 Å². The normalized spacial score (nSPS) is 10.9. The highest BCUT2D eigenvalue weighted by Crippen LogP contribution is 2.37. The summed E-state index contributed by atoms with van der Waals surface area (Å²) < 4.78 is 0. The third kappa shape index (κ3) is 5.57. The van der Waals surface area contributed by atoms with E-state index in [0.717, 1.165) is 17.9 Å². The minimum absolute atomic E-state index is 0.413. The molecule has 30 heavy (non-hydrogen) atoms. The molecule has 0 unspecified atom stereocenters. The molecule has 0 atom stereocenters. The van der Waals surface area contributed by atoms with Crippen LogP contribution in [0.25, 0.3) is 0 Å². The molecule has 0 amide bonds. The predicted octanol–water partition coefficient (Wildman–Crippen LogP) is 7.19. The molecule has 148 valence electrons. The lowest BCUT2D eigenvalue weighted by atomic mass is 10.2. The molecule has 0 aliphatic carbocycles. The zero-order valence-electron chi connectivity index (χ0n) is 16.4. The molecule has 0 N–H and O–H groups in total. The molecule has 7 nitrogen and oxygen atoms in total. The van der Waals surface area contributed by atoms with Crippen LogP contribution < -0.4 is 4.90 Å². The fourth-order valence-corrected chi connectivity index (χ4v) is 3.41. The van der Waals surface area contributed by atoms with Gasteiger partial charge in [0.25, 0.3) is 0 Å². The Bertz CT molecular complexity index is 1100. The van der Waals surface area contributed by atoms with Gasteiger partial charge in [0, 0.05) is 18.8 Å². The van der Waals surface area contributed by atoms with Crippen LogP contribution in [0.15, 0.2) is 81.1 Å². The highest BCUT2D eigenvalue weighted by atomic mass is 32.1. The van der Waals surface area contributed by atoms with Gasteiger partial charge in [-0.05, 0) is 49.4 Å². The van der Waals surface area contributed by atoms with Crippen LogP contribution in [0.2, 0.25) is 0 Å². The molecule has 2 aromatic carbocycles. The Labute approximate surface area is 179 Å². The fraction of sp³-hybridized carbons (Fsp3) is 0.182. The molecule has 0 fully saturated rings. The first-order chi connectivity index (χ1) is 14.7. The van der Waals surface area contributed by atoms with E-state index in [2.05, 4.69) is 44.4 Å². The number of hydrogen-bond acceptors (Lipinski definition) is 8. The Kier molecular flexibility index (Phi) is 7.37. The summed E-state index contributed by atoms with van der Waals surface area (Å²) in [7, 11) is 0. The van der Waals surface area contributed by atoms with Crippen LogP contribution in [0.1, 0.15) is 18.9 Å². The Morgan fingerprint density at radius 1 is 0.900 bits per heavy atom. The molecule has 3 aromatic rings. The van der Waals surface area contributed by atoms with E-state index in [1.807, 2.05) is 54.6 Å². The van der Waals surface area contributed by atoms with Gasteiger partial charge in [0.1, 0.15) is 11.1 Å². The van der Waals surface area contributed by atoms with E-state index >= 15 is 0 Å². The SMILES string of the molecule is CCN(CCC#N)c1ccc(/N=N/c2sc(/N=N/c3ccccc3)cc2C#N)cc1. The third-order valence-corrected chi connectivity index (χ3v) is 5.09. The fourth-order valence-electron chi connectivity index (χ4n) is 2.66. The van der Waals surface area contributed by atoms with Gasteiger partial charge in [0.2, 0.25) is 0 Å². The average Bonchev–Trinajstić information content (AvgIpc) is 3.20. The molecular weight excluding hydrogens is 394 g/mol. The number of nitrogens with zero attached hydrogens (tertiary/aromatic N) is 7. The van der Waals surface area contributed by atoms with E-state index in [4.69, 9.17) is 5.26 Å². The molecule has 0 aliphatic rings. The maximum atomic E-state index is 9.36. The summed E-state index contributed by atoms with van der Waals surface area (Å²) in [4.78, 5) is 2.13. The molecule has 0 saturated heterocycles. The molecule has 0 spiro atoms. The van der Waals surface area contributed by atoms with Crippen LogP contribution in [0.5, 0.6) is 0 Å². The molecule has 0 bridgehead atoms. The second-order valence-corrected chi connectivity index (χ2v) is 7.16. The van der Waals surface area contributed by atoms with Crippen molar-refractivity contribution in [2.24, 2.45) is 20.5 Å². The summed E-state index contributed by atoms with van der Waals surface area (Å²) in [5.41, 5.74) is 2.86. The lowest BCUT2D eigenvalue weighted by Gasteiger charge is -2.21. The summed E-state index contributed by atoms with van der Waals surface area (Å²) >= 11 is 1.26. The molecule has 8 heteroatoms. The van der Waals surface area contributed by atoms with Crippen LogP contribution in [0, 0.1) is 22.7 Å². The number of nitriles is 2. The average molecular weight is 414 g/mol. The Balaban J connectivity index is 1.72. The van der Waals surface area contributed by atoms with Crippen molar-refractivity contribution in [2.45, 2.75) is 13.3 Å². The largest absolute Gasteiger partial charge is 0.371 e. The number of hydrogen-bond donors (Lipinski definition) is 0. The Morgan fingerprint density at radius 3 is 2.27 bits per heavy atom. The lowest BCUT2D eigenvalue weighted by Crippen LogP contribution is -2.23. The molecule has 1 aromatic heterocycles. The number of anilines is 1. The first-order valence-corrected chi connectivity index (χ1v) is 10.2. The minimum Gasteiger partial charge on any atom is -0.371 e. The van der Waals surface area contributed by atoms with Gasteiger partial charge in [0.05, 0.1) is 29.4 Å². The van der Waals surface area contributed by atoms with Crippen molar-refractivity contribution in [1.82, 2.24) is 0 Å². The van der Waals surface area contributed by atoms with Crippen molar-refractivity contribution in [1.29, 1.82) is 10.5 Å². The van der Waals surface area contributed by atoms with E-state index in [0.29, 0.717) is 34.2 Å². The van der Waals surface area contributed by atoms with Gasteiger partial charge < -0.3 is 4.90 Å². The van der Waals surface area contributed by atoms with Gasteiger partial charge in [0.15, 0.2) is 5.00 Å². The van der Waals surface area contributed by atoms with E-state index in [1.165, 1.54) is 11.3 Å². The molecule has 0 saturated carbocycles. The Hall–Kier alpha value is -3.88. The first-order valence-electron chi connectivity index (χ1n) is 9.38. The molecule has 1 heterocycles. The van der Waals surface area contributed by atoms with Crippen molar-refractivity contribution >= 4 is 38.4 Å². The highest BCUT2D eigenvalue weighted by molar-refractivity contribution is 7.19. The summed E-state index contributed by atoms with van der Waals surface area (Å²) in [6.45, 7) is 3.57. The zero-order chi connectivity index (χ0) is 21.2. The van der Waals surface area contributed by atoms with Gasteiger partial charge in [-0.15, -0.1) is 20.5 Å². The highest BCUT2D eigenvalue weighted by Gasteiger charge is 2.09. The number of thiophene rings is 1. The topological polar surface area (TPSA) is 100 Å². The van der Waals surface area contributed by atoms with Crippen LogP contribution in [-0.4, -0.2) is 13.1 Å². The van der Waals surface area contributed by atoms with Crippen molar-refractivity contribution in [3.05, 3.63) is 66.2 Å². The third-order valence-electron chi connectivity index (χ3n) is 4.19. The van der Waals surface area contributed by atoms with E-state index < -0.39 is 0 Å². The lowest BCUT2D eigenvalue weighted by molar-refractivity contribution is 0.827. The van der Waals surface area contributed by atoms with E-state index in [-0.39, 0.29) is 0 Å². The quantitative estimate of drug-likeness (QED) is 0.365. The van der Waals surface area contributed by atoms with Crippen molar-refractivity contribution < 1.29 is 0 Å². The van der Waals surface area contributed by atoms with Gasteiger partial charge in [-0.2, -0.15) is 10.5 Å². The summed E-state index contributed by atoms with van der Waals surface area (Å²) in [5.74, 6) is 0. The van der Waals surface area contributed by atoms with E-state index in [1.54, 1.807) is 6.07 Å². The van der Waals surface area contributed by atoms with Crippen LogP contribution in [0.3, 0.4) is 0 Å². The van der Waals surface area contributed by atoms with Crippen LogP contribution in [-0.2, 0) is 0 Å². The minimum atomic E-state index is 0.413. The van der Waals surface area contributed by atoms with Gasteiger partial charge in [-0.1, -0.05) is 29.5 Å². The predicted molar refractivity (Wildman–Crippen MR) is 118 cm³/mol. The second-order valence-electron chi connectivity index (χ2n) is 6.15. The summed E-state index contributed by atoms with van der Waals surface area (Å²) in [5, 5.41) is 36.1. The summed E-state index contributed by atoms with van der Waals surface area (Å²) in [6, 6.07) is 23.0. The molecule has 0 radical (unpaired) electrons. The Morgan fingerprint density at radius 2 is 1.60 bits per heavy atom. The second kappa shape index (κ2) is 10.6. The van der Waals surface area contributed by atoms with Gasteiger partial charge in [-0.25, -0.2) is 0 Å². The zero-order valence-corrected chi connectivity index (χ0v) is 17.3. The van der Waals surface area contributed by atoms with Crippen molar-refractivity contribution in [2.75, 3.05) is 18.0 Å². The smallest absolute Gasteiger partial charge is 0.158 e. The number of azo groups is 2.